The van der Waals surface area contributed by atoms with Gasteiger partial charge in [0.15, 0.2) is 5.78 Å². The van der Waals surface area contributed by atoms with Crippen molar-refractivity contribution in [2.45, 2.75) is 39.4 Å². The van der Waals surface area contributed by atoms with Crippen molar-refractivity contribution in [3.63, 3.8) is 0 Å². The molecule has 110 valence electrons. The molecule has 0 amide bonds. The Morgan fingerprint density at radius 1 is 1.37 bits per heavy atom. The lowest BCUT2D eigenvalue weighted by Gasteiger charge is -2.33. The number of Topliss-reactive ketones (excluding diaryl/α,β-unsaturated/α-hetero) is 1. The molecule has 1 aliphatic rings. The largest absolute Gasteiger partial charge is 0.465 e. The van der Waals surface area contributed by atoms with Gasteiger partial charge in [0, 0.05) is 24.1 Å². The zero-order valence-electron chi connectivity index (χ0n) is 12.4. The van der Waals surface area contributed by atoms with Crippen LogP contribution in [0.4, 0.5) is 0 Å². The van der Waals surface area contributed by atoms with Crippen LogP contribution in [0.2, 0.25) is 0 Å². The molecule has 1 saturated heterocycles. The molecule has 1 unspecified atom stereocenters. The number of carbonyl (C=O) groups is 2. The summed E-state index contributed by atoms with van der Waals surface area (Å²) < 4.78 is 4.98. The lowest BCUT2D eigenvalue weighted by molar-refractivity contribution is -0.158. The molecular formula is C14H25NO3S. The predicted molar refractivity (Wildman–Crippen MR) is 78.4 cm³/mol. The summed E-state index contributed by atoms with van der Waals surface area (Å²) in [5.41, 5.74) is -1.04. The van der Waals surface area contributed by atoms with Crippen molar-refractivity contribution >= 4 is 23.5 Å². The molecule has 0 bridgehead atoms. The first-order valence-corrected chi connectivity index (χ1v) is 8.01. The molecule has 0 aliphatic carbocycles. The number of ketones is 1. The first-order chi connectivity index (χ1) is 8.91. The zero-order chi connectivity index (χ0) is 14.5. The smallest absolute Gasteiger partial charge is 0.319 e. The lowest BCUT2D eigenvalue weighted by Crippen LogP contribution is -2.46. The van der Waals surface area contributed by atoms with Crippen molar-refractivity contribution in [3.05, 3.63) is 0 Å². The van der Waals surface area contributed by atoms with Crippen LogP contribution in [-0.4, -0.2) is 53.9 Å². The van der Waals surface area contributed by atoms with Gasteiger partial charge in [0.05, 0.1) is 13.2 Å². The standard InChI is InChI=1S/C14H25NO3S/c1-5-11-9-15(7-8-19-11)10-12(16)14(3,4)13(17)18-6-2/h11H,5-10H2,1-4H3. The number of esters is 1. The molecule has 0 radical (unpaired) electrons. The first-order valence-electron chi connectivity index (χ1n) is 6.96. The third-order valence-electron chi connectivity index (χ3n) is 3.53. The van der Waals surface area contributed by atoms with Crippen LogP contribution in [0.5, 0.6) is 0 Å². The van der Waals surface area contributed by atoms with E-state index in [1.165, 1.54) is 0 Å². The van der Waals surface area contributed by atoms with Crippen LogP contribution >= 0.6 is 11.8 Å². The molecular weight excluding hydrogens is 262 g/mol. The fraction of sp³-hybridized carbons (Fsp3) is 0.857. The number of nitrogens with zero attached hydrogens (tertiary/aromatic N) is 1. The Kier molecular flexibility index (Phi) is 6.33. The van der Waals surface area contributed by atoms with E-state index in [1.54, 1.807) is 20.8 Å². The lowest BCUT2D eigenvalue weighted by atomic mass is 9.87. The monoisotopic (exact) mass is 287 g/mol. The van der Waals surface area contributed by atoms with E-state index in [-0.39, 0.29) is 5.78 Å². The van der Waals surface area contributed by atoms with Crippen LogP contribution < -0.4 is 0 Å². The Balaban J connectivity index is 2.55. The second-order valence-corrected chi connectivity index (χ2v) is 6.81. The topological polar surface area (TPSA) is 46.6 Å². The highest BCUT2D eigenvalue weighted by atomic mass is 32.2. The van der Waals surface area contributed by atoms with E-state index in [4.69, 9.17) is 4.74 Å². The Bertz CT molecular complexity index is 331. The van der Waals surface area contributed by atoms with E-state index in [2.05, 4.69) is 11.8 Å². The molecule has 19 heavy (non-hydrogen) atoms. The van der Waals surface area contributed by atoms with Gasteiger partial charge in [-0.15, -0.1) is 0 Å². The Morgan fingerprint density at radius 2 is 2.05 bits per heavy atom. The van der Waals surface area contributed by atoms with Crippen molar-refractivity contribution < 1.29 is 14.3 Å². The maximum absolute atomic E-state index is 12.3. The summed E-state index contributed by atoms with van der Waals surface area (Å²) in [6.07, 6.45) is 1.12. The maximum atomic E-state index is 12.3. The average Bonchev–Trinajstić information content (AvgIpc) is 2.39. The number of rotatable bonds is 6. The minimum atomic E-state index is -1.04. The second-order valence-electron chi connectivity index (χ2n) is 5.40. The highest BCUT2D eigenvalue weighted by molar-refractivity contribution is 8.00. The molecule has 0 aromatic carbocycles. The second kappa shape index (κ2) is 7.29. The van der Waals surface area contributed by atoms with Crippen LogP contribution in [0.25, 0.3) is 0 Å². The summed E-state index contributed by atoms with van der Waals surface area (Å²) in [4.78, 5) is 26.3. The highest BCUT2D eigenvalue weighted by Gasteiger charge is 2.38. The van der Waals surface area contributed by atoms with Crippen LogP contribution in [0.15, 0.2) is 0 Å². The van der Waals surface area contributed by atoms with E-state index in [1.807, 2.05) is 11.8 Å². The molecule has 0 saturated carbocycles. The SMILES string of the molecule is CCOC(=O)C(C)(C)C(=O)CN1CCSC(CC)C1. The summed E-state index contributed by atoms with van der Waals surface area (Å²) >= 11 is 1.97. The molecule has 1 rings (SSSR count). The van der Waals surface area contributed by atoms with Crippen molar-refractivity contribution in [2.24, 2.45) is 5.41 Å². The van der Waals surface area contributed by atoms with Crippen molar-refractivity contribution in [1.29, 1.82) is 0 Å². The molecule has 1 fully saturated rings. The Morgan fingerprint density at radius 3 is 2.63 bits per heavy atom. The van der Waals surface area contributed by atoms with Gasteiger partial charge in [-0.05, 0) is 27.2 Å². The third-order valence-corrected chi connectivity index (χ3v) is 4.90. The van der Waals surface area contributed by atoms with E-state index in [0.717, 1.165) is 25.3 Å². The normalized spacial score (nSPS) is 21.2. The Hall–Kier alpha value is -0.550. The van der Waals surface area contributed by atoms with E-state index in [9.17, 15) is 9.59 Å². The van der Waals surface area contributed by atoms with Gasteiger partial charge in [0.1, 0.15) is 5.41 Å². The minimum absolute atomic E-state index is 0.0484. The molecule has 0 aromatic heterocycles. The molecule has 5 heteroatoms. The van der Waals surface area contributed by atoms with Gasteiger partial charge in [-0.25, -0.2) is 0 Å². The van der Waals surface area contributed by atoms with Crippen LogP contribution in [0, 0.1) is 5.41 Å². The third kappa shape index (κ3) is 4.49. The fourth-order valence-electron chi connectivity index (χ4n) is 2.00. The molecule has 0 spiro atoms. The number of hydrogen-bond acceptors (Lipinski definition) is 5. The van der Waals surface area contributed by atoms with Gasteiger partial charge in [0.25, 0.3) is 0 Å². The minimum Gasteiger partial charge on any atom is -0.465 e. The van der Waals surface area contributed by atoms with Gasteiger partial charge in [0.2, 0.25) is 0 Å². The van der Waals surface area contributed by atoms with E-state index < -0.39 is 11.4 Å². The molecule has 1 aliphatic heterocycles. The molecule has 0 aromatic rings. The summed E-state index contributed by atoms with van der Waals surface area (Å²) in [6, 6.07) is 0. The van der Waals surface area contributed by atoms with Crippen molar-refractivity contribution in [3.8, 4) is 0 Å². The molecule has 0 N–H and O–H groups in total. The summed E-state index contributed by atoms with van der Waals surface area (Å²) in [5, 5.41) is 0.604. The van der Waals surface area contributed by atoms with E-state index in [0.29, 0.717) is 18.4 Å². The van der Waals surface area contributed by atoms with Crippen molar-refractivity contribution in [1.82, 2.24) is 4.90 Å². The van der Waals surface area contributed by atoms with Gasteiger partial charge >= 0.3 is 5.97 Å². The Labute approximate surface area is 120 Å². The predicted octanol–water partition coefficient (Wildman–Crippen LogP) is 1.97. The first kappa shape index (κ1) is 16.5. The van der Waals surface area contributed by atoms with Crippen LogP contribution in [0.1, 0.15) is 34.1 Å². The van der Waals surface area contributed by atoms with Crippen LogP contribution in [0.3, 0.4) is 0 Å². The summed E-state index contributed by atoms with van der Waals surface area (Å²) in [6.45, 7) is 9.76. The van der Waals surface area contributed by atoms with E-state index >= 15 is 0 Å². The fourth-order valence-corrected chi connectivity index (χ4v) is 3.25. The number of hydrogen-bond donors (Lipinski definition) is 0. The highest BCUT2D eigenvalue weighted by Crippen LogP contribution is 2.24. The molecule has 1 heterocycles. The number of thioether (sulfide) groups is 1. The van der Waals surface area contributed by atoms with Crippen molar-refractivity contribution in [2.75, 3.05) is 32.0 Å². The van der Waals surface area contributed by atoms with Gasteiger partial charge < -0.3 is 4.74 Å². The molecule has 4 nitrogen and oxygen atoms in total. The quantitative estimate of drug-likeness (QED) is 0.552. The van der Waals surface area contributed by atoms with Crippen LogP contribution in [-0.2, 0) is 14.3 Å². The van der Waals surface area contributed by atoms with Gasteiger partial charge in [-0.1, -0.05) is 6.92 Å². The van der Waals surface area contributed by atoms with Gasteiger partial charge in [-0.2, -0.15) is 11.8 Å². The summed E-state index contributed by atoms with van der Waals surface area (Å²) in [7, 11) is 0. The number of carbonyl (C=O) groups excluding carboxylic acids is 2. The number of ether oxygens (including phenoxy) is 1. The zero-order valence-corrected chi connectivity index (χ0v) is 13.2. The average molecular weight is 287 g/mol. The summed E-state index contributed by atoms with van der Waals surface area (Å²) in [5.74, 6) is 0.595. The van der Waals surface area contributed by atoms with Gasteiger partial charge in [-0.3, -0.25) is 14.5 Å². The maximum Gasteiger partial charge on any atom is 0.319 e. The molecule has 1 atom stereocenters.